The molecule has 1 saturated heterocycles. The maximum atomic E-state index is 12.4. The Bertz CT molecular complexity index is 776. The van der Waals surface area contributed by atoms with E-state index in [0.717, 1.165) is 11.3 Å². The third-order valence-electron chi connectivity index (χ3n) is 4.21. The third kappa shape index (κ3) is 4.31. The second-order valence-corrected chi connectivity index (χ2v) is 6.46. The highest BCUT2D eigenvalue weighted by molar-refractivity contribution is 6.30. The number of amides is 2. The number of nitrogens with zero attached hydrogens (tertiary/aromatic N) is 1. The minimum absolute atomic E-state index is 0.0120. The van der Waals surface area contributed by atoms with Crippen molar-refractivity contribution in [3.63, 3.8) is 0 Å². The smallest absolute Gasteiger partial charge is 0.229 e. The molecule has 2 aromatic carbocycles. The van der Waals surface area contributed by atoms with E-state index in [9.17, 15) is 9.59 Å². The Morgan fingerprint density at radius 1 is 1.28 bits per heavy atom. The molecule has 0 spiro atoms. The molecule has 1 aliphatic rings. The van der Waals surface area contributed by atoms with Crippen molar-refractivity contribution < 1.29 is 14.3 Å². The van der Waals surface area contributed by atoms with Crippen LogP contribution in [0.3, 0.4) is 0 Å². The van der Waals surface area contributed by atoms with Gasteiger partial charge in [0.25, 0.3) is 0 Å². The van der Waals surface area contributed by atoms with Crippen LogP contribution in [0.15, 0.2) is 48.5 Å². The summed E-state index contributed by atoms with van der Waals surface area (Å²) in [5.41, 5.74) is 1.64. The molecule has 1 heterocycles. The predicted molar refractivity (Wildman–Crippen MR) is 96.6 cm³/mol. The van der Waals surface area contributed by atoms with E-state index >= 15 is 0 Å². The molecule has 0 aromatic heterocycles. The first-order valence-electron chi connectivity index (χ1n) is 8.02. The van der Waals surface area contributed by atoms with Gasteiger partial charge in [-0.2, -0.15) is 0 Å². The van der Waals surface area contributed by atoms with E-state index in [1.54, 1.807) is 36.3 Å². The molecule has 0 bridgehead atoms. The zero-order valence-corrected chi connectivity index (χ0v) is 14.6. The van der Waals surface area contributed by atoms with Crippen LogP contribution < -0.4 is 10.1 Å². The van der Waals surface area contributed by atoms with Gasteiger partial charge in [0.05, 0.1) is 13.0 Å². The van der Waals surface area contributed by atoms with E-state index in [1.807, 2.05) is 24.3 Å². The fourth-order valence-electron chi connectivity index (χ4n) is 2.86. The molecule has 1 N–H and O–H groups in total. The molecule has 6 heteroatoms. The molecule has 0 saturated carbocycles. The molecule has 130 valence electrons. The van der Waals surface area contributed by atoms with E-state index < -0.39 is 0 Å². The second kappa shape index (κ2) is 7.57. The lowest BCUT2D eigenvalue weighted by atomic mass is 10.1. The first kappa shape index (κ1) is 17.3. The van der Waals surface area contributed by atoms with Crippen molar-refractivity contribution in [3.8, 4) is 5.75 Å². The summed E-state index contributed by atoms with van der Waals surface area (Å²) >= 11 is 5.92. The van der Waals surface area contributed by atoms with Gasteiger partial charge in [-0.05, 0) is 35.9 Å². The number of anilines is 1. The van der Waals surface area contributed by atoms with Crippen LogP contribution in [0.25, 0.3) is 0 Å². The van der Waals surface area contributed by atoms with E-state index in [-0.39, 0.29) is 24.2 Å². The third-order valence-corrected chi connectivity index (χ3v) is 4.45. The molecule has 3 rings (SSSR count). The van der Waals surface area contributed by atoms with Crippen molar-refractivity contribution >= 4 is 29.1 Å². The zero-order chi connectivity index (χ0) is 17.8. The number of halogens is 1. The molecule has 1 unspecified atom stereocenters. The SMILES string of the molecule is COc1ccc(CN2CC(C(=O)Nc3cccc(Cl)c3)CC2=O)cc1. The first-order chi connectivity index (χ1) is 12.0. The highest BCUT2D eigenvalue weighted by Crippen LogP contribution is 2.23. The van der Waals surface area contributed by atoms with Crippen molar-refractivity contribution in [2.75, 3.05) is 19.0 Å². The van der Waals surface area contributed by atoms with Gasteiger partial charge in [0.15, 0.2) is 0 Å². The summed E-state index contributed by atoms with van der Waals surface area (Å²) in [4.78, 5) is 26.3. The number of nitrogens with one attached hydrogen (secondary N) is 1. The second-order valence-electron chi connectivity index (χ2n) is 6.02. The van der Waals surface area contributed by atoms with Gasteiger partial charge in [0.1, 0.15) is 5.75 Å². The van der Waals surface area contributed by atoms with Gasteiger partial charge in [-0.3, -0.25) is 9.59 Å². The number of likely N-dealkylation sites (tertiary alicyclic amines) is 1. The lowest BCUT2D eigenvalue weighted by molar-refractivity contribution is -0.128. The van der Waals surface area contributed by atoms with Crippen LogP contribution in [0.5, 0.6) is 5.75 Å². The quantitative estimate of drug-likeness (QED) is 0.891. The van der Waals surface area contributed by atoms with Crippen LogP contribution in [0.2, 0.25) is 5.02 Å². The molecule has 5 nitrogen and oxygen atoms in total. The van der Waals surface area contributed by atoms with Crippen LogP contribution in [0, 0.1) is 5.92 Å². The van der Waals surface area contributed by atoms with Crippen molar-refractivity contribution in [1.82, 2.24) is 4.90 Å². The Balaban J connectivity index is 1.60. The molecular weight excluding hydrogens is 340 g/mol. The molecule has 25 heavy (non-hydrogen) atoms. The predicted octanol–water partition coefficient (Wildman–Crippen LogP) is 3.34. The van der Waals surface area contributed by atoms with E-state index in [4.69, 9.17) is 16.3 Å². The number of ether oxygens (including phenoxy) is 1. The normalized spacial score (nSPS) is 16.8. The summed E-state index contributed by atoms with van der Waals surface area (Å²) in [7, 11) is 1.61. The number of hydrogen-bond donors (Lipinski definition) is 1. The van der Waals surface area contributed by atoms with Crippen LogP contribution in [0.4, 0.5) is 5.69 Å². The van der Waals surface area contributed by atoms with Crippen LogP contribution in [-0.2, 0) is 16.1 Å². The highest BCUT2D eigenvalue weighted by atomic mass is 35.5. The number of hydrogen-bond acceptors (Lipinski definition) is 3. The summed E-state index contributed by atoms with van der Waals surface area (Å²) in [6.45, 7) is 0.904. The van der Waals surface area contributed by atoms with Gasteiger partial charge in [-0.25, -0.2) is 0 Å². The fraction of sp³-hybridized carbons (Fsp3) is 0.263. The summed E-state index contributed by atoms with van der Waals surface area (Å²) in [5.74, 6) is 0.245. The summed E-state index contributed by atoms with van der Waals surface area (Å²) in [6.07, 6.45) is 0.225. The minimum atomic E-state index is -0.357. The lowest BCUT2D eigenvalue weighted by Gasteiger charge is -2.17. The number of rotatable bonds is 5. The Hall–Kier alpha value is -2.53. The fourth-order valence-corrected chi connectivity index (χ4v) is 3.05. The zero-order valence-electron chi connectivity index (χ0n) is 13.9. The number of carbonyl (C=O) groups excluding carboxylic acids is 2. The summed E-state index contributed by atoms with van der Waals surface area (Å²) < 4.78 is 5.13. The number of carbonyl (C=O) groups is 2. The Morgan fingerprint density at radius 3 is 2.72 bits per heavy atom. The molecule has 0 aliphatic carbocycles. The Morgan fingerprint density at radius 2 is 2.04 bits per heavy atom. The molecule has 2 amide bonds. The van der Waals surface area contributed by atoms with E-state index in [1.165, 1.54) is 0 Å². The molecule has 0 radical (unpaired) electrons. The highest BCUT2D eigenvalue weighted by Gasteiger charge is 2.34. The van der Waals surface area contributed by atoms with Gasteiger partial charge in [-0.15, -0.1) is 0 Å². The van der Waals surface area contributed by atoms with Gasteiger partial charge >= 0.3 is 0 Å². The monoisotopic (exact) mass is 358 g/mol. The Labute approximate surface area is 151 Å². The molecular formula is C19H19ClN2O3. The van der Waals surface area contributed by atoms with Gasteiger partial charge in [0, 0.05) is 30.2 Å². The number of methoxy groups -OCH3 is 1. The average molecular weight is 359 g/mol. The average Bonchev–Trinajstić information content (AvgIpc) is 2.96. The van der Waals surface area contributed by atoms with Crippen molar-refractivity contribution in [3.05, 3.63) is 59.1 Å². The van der Waals surface area contributed by atoms with Gasteiger partial charge < -0.3 is 15.0 Å². The van der Waals surface area contributed by atoms with E-state index in [2.05, 4.69) is 5.32 Å². The molecule has 2 aromatic rings. The standard InChI is InChI=1S/C19H19ClN2O3/c1-25-17-7-5-13(6-8-17)11-22-12-14(9-18(22)23)19(24)21-16-4-2-3-15(20)10-16/h2-8,10,14H,9,11-12H2,1H3,(H,21,24). The van der Waals surface area contributed by atoms with Crippen molar-refractivity contribution in [2.45, 2.75) is 13.0 Å². The number of benzene rings is 2. The molecule has 1 fully saturated rings. The molecule has 1 aliphatic heterocycles. The van der Waals surface area contributed by atoms with Crippen molar-refractivity contribution in [2.24, 2.45) is 5.92 Å². The minimum Gasteiger partial charge on any atom is -0.497 e. The van der Waals surface area contributed by atoms with Crippen LogP contribution >= 0.6 is 11.6 Å². The van der Waals surface area contributed by atoms with Crippen molar-refractivity contribution in [1.29, 1.82) is 0 Å². The summed E-state index contributed by atoms with van der Waals surface area (Å²) in [6, 6.07) is 14.5. The first-order valence-corrected chi connectivity index (χ1v) is 8.40. The topological polar surface area (TPSA) is 58.6 Å². The Kier molecular flexibility index (Phi) is 5.24. The van der Waals surface area contributed by atoms with Gasteiger partial charge in [0.2, 0.25) is 11.8 Å². The van der Waals surface area contributed by atoms with Crippen LogP contribution in [-0.4, -0.2) is 30.4 Å². The summed E-state index contributed by atoms with van der Waals surface area (Å²) in [5, 5.41) is 3.38. The maximum Gasteiger partial charge on any atom is 0.229 e. The lowest BCUT2D eigenvalue weighted by Crippen LogP contribution is -2.28. The maximum absolute atomic E-state index is 12.4. The van der Waals surface area contributed by atoms with Crippen LogP contribution in [0.1, 0.15) is 12.0 Å². The van der Waals surface area contributed by atoms with E-state index in [0.29, 0.717) is 23.8 Å². The van der Waals surface area contributed by atoms with Gasteiger partial charge in [-0.1, -0.05) is 29.8 Å². The largest absolute Gasteiger partial charge is 0.497 e. The molecule has 1 atom stereocenters.